The molecule has 0 aliphatic carbocycles. The van der Waals surface area contributed by atoms with E-state index in [9.17, 15) is 0 Å². The van der Waals surface area contributed by atoms with Crippen LogP contribution in [-0.4, -0.2) is 33.4 Å². The summed E-state index contributed by atoms with van der Waals surface area (Å²) in [6, 6.07) is 6.65. The molecule has 0 saturated heterocycles. The first-order chi connectivity index (χ1) is 8.56. The minimum absolute atomic E-state index is 0.438. The van der Waals surface area contributed by atoms with Crippen molar-refractivity contribution in [1.82, 2.24) is 5.32 Å². The summed E-state index contributed by atoms with van der Waals surface area (Å²) in [6.45, 7) is 6.69. The van der Waals surface area contributed by atoms with Gasteiger partial charge in [-0.1, -0.05) is 17.7 Å². The highest BCUT2D eigenvalue weighted by Gasteiger charge is 2.09. The molecule has 102 valence electrons. The van der Waals surface area contributed by atoms with Gasteiger partial charge >= 0.3 is 0 Å². The van der Waals surface area contributed by atoms with Crippen LogP contribution in [-0.2, 0) is 11.3 Å². The van der Waals surface area contributed by atoms with Gasteiger partial charge in [0.25, 0.3) is 0 Å². The number of nitrogens with one attached hydrogen (secondary N) is 1. The van der Waals surface area contributed by atoms with Gasteiger partial charge in [0.05, 0.1) is 17.3 Å². The molecule has 1 aromatic rings. The first-order valence-corrected chi connectivity index (χ1v) is 6.65. The van der Waals surface area contributed by atoms with Crippen molar-refractivity contribution in [1.29, 1.82) is 0 Å². The summed E-state index contributed by atoms with van der Waals surface area (Å²) in [7, 11) is 3.76. The van der Waals surface area contributed by atoms with Gasteiger partial charge in [0.15, 0.2) is 0 Å². The third-order valence-electron chi connectivity index (χ3n) is 2.98. The number of nitrogens with zero attached hydrogens (tertiary/aromatic N) is 1. The Morgan fingerprint density at radius 2 is 2.11 bits per heavy atom. The molecule has 0 aliphatic rings. The molecule has 1 rings (SSSR count). The van der Waals surface area contributed by atoms with E-state index < -0.39 is 0 Å². The summed E-state index contributed by atoms with van der Waals surface area (Å²) in [6.07, 6.45) is 0. The molecule has 0 saturated carbocycles. The molecule has 0 aliphatic heterocycles. The van der Waals surface area contributed by atoms with E-state index in [0.29, 0.717) is 6.04 Å². The van der Waals surface area contributed by atoms with Gasteiger partial charge in [-0.25, -0.2) is 0 Å². The lowest BCUT2D eigenvalue weighted by Crippen LogP contribution is -2.26. The lowest BCUT2D eigenvalue weighted by molar-refractivity contribution is 0.199. The Balaban J connectivity index is 2.62. The number of methoxy groups -OCH3 is 1. The van der Waals surface area contributed by atoms with Crippen LogP contribution in [0, 0.1) is 0 Å². The minimum atomic E-state index is 0.438. The summed E-state index contributed by atoms with van der Waals surface area (Å²) in [5, 5.41) is 4.11. The number of halogens is 1. The van der Waals surface area contributed by atoms with Gasteiger partial charge in [-0.3, -0.25) is 0 Å². The van der Waals surface area contributed by atoms with Crippen LogP contribution in [0.1, 0.15) is 19.4 Å². The van der Waals surface area contributed by atoms with Crippen LogP contribution in [0.15, 0.2) is 18.2 Å². The number of hydrogen-bond acceptors (Lipinski definition) is 3. The van der Waals surface area contributed by atoms with Crippen LogP contribution in [0.2, 0.25) is 5.02 Å². The van der Waals surface area contributed by atoms with Crippen molar-refractivity contribution >= 4 is 17.3 Å². The Morgan fingerprint density at radius 1 is 1.39 bits per heavy atom. The maximum absolute atomic E-state index is 6.31. The fourth-order valence-corrected chi connectivity index (χ4v) is 1.97. The van der Waals surface area contributed by atoms with Crippen LogP contribution in [0.3, 0.4) is 0 Å². The maximum Gasteiger partial charge on any atom is 0.0642 e. The van der Waals surface area contributed by atoms with Crippen LogP contribution < -0.4 is 10.2 Å². The quantitative estimate of drug-likeness (QED) is 0.771. The van der Waals surface area contributed by atoms with E-state index in [-0.39, 0.29) is 0 Å². The fourth-order valence-electron chi connectivity index (χ4n) is 1.63. The van der Waals surface area contributed by atoms with E-state index in [2.05, 4.69) is 43.2 Å². The average Bonchev–Trinajstić information content (AvgIpc) is 2.34. The van der Waals surface area contributed by atoms with Crippen LogP contribution in [0.4, 0.5) is 5.69 Å². The van der Waals surface area contributed by atoms with Gasteiger partial charge in [0.2, 0.25) is 0 Å². The molecule has 3 nitrogen and oxygen atoms in total. The van der Waals surface area contributed by atoms with Gasteiger partial charge in [0, 0.05) is 33.3 Å². The molecule has 18 heavy (non-hydrogen) atoms. The van der Waals surface area contributed by atoms with Gasteiger partial charge in [-0.15, -0.1) is 0 Å². The van der Waals surface area contributed by atoms with Crippen LogP contribution in [0.25, 0.3) is 0 Å². The van der Waals surface area contributed by atoms with E-state index in [1.807, 2.05) is 6.07 Å². The molecule has 1 aromatic carbocycles. The fraction of sp³-hybridized carbons (Fsp3) is 0.571. The average molecular weight is 271 g/mol. The molecule has 0 spiro atoms. The zero-order valence-corrected chi connectivity index (χ0v) is 12.4. The van der Waals surface area contributed by atoms with Crippen molar-refractivity contribution in [2.75, 3.05) is 32.2 Å². The Hall–Kier alpha value is -0.770. The van der Waals surface area contributed by atoms with Crippen molar-refractivity contribution in [3.05, 3.63) is 28.8 Å². The van der Waals surface area contributed by atoms with Crippen LogP contribution in [0.5, 0.6) is 0 Å². The van der Waals surface area contributed by atoms with E-state index in [1.165, 1.54) is 5.56 Å². The van der Waals surface area contributed by atoms with Crippen molar-refractivity contribution < 1.29 is 4.74 Å². The molecule has 0 heterocycles. The number of rotatable bonds is 7. The smallest absolute Gasteiger partial charge is 0.0642 e. The van der Waals surface area contributed by atoms with E-state index in [0.717, 1.165) is 30.4 Å². The summed E-state index contributed by atoms with van der Waals surface area (Å²) in [4.78, 5) is 2.17. The second-order valence-electron chi connectivity index (χ2n) is 4.66. The standard InChI is InChI=1S/C14H23ClN2O/c1-11(2)17(3)14-6-5-12(9-13(14)15)10-16-7-8-18-4/h5-6,9,11,16H,7-8,10H2,1-4H3. The molecule has 0 bridgehead atoms. The summed E-state index contributed by atoms with van der Waals surface area (Å²) in [5.74, 6) is 0. The minimum Gasteiger partial charge on any atom is -0.383 e. The topological polar surface area (TPSA) is 24.5 Å². The second-order valence-corrected chi connectivity index (χ2v) is 5.07. The van der Waals surface area contributed by atoms with E-state index in [1.54, 1.807) is 7.11 Å². The van der Waals surface area contributed by atoms with E-state index >= 15 is 0 Å². The van der Waals surface area contributed by atoms with Crippen molar-refractivity contribution in [2.45, 2.75) is 26.4 Å². The highest BCUT2D eigenvalue weighted by molar-refractivity contribution is 6.33. The van der Waals surface area contributed by atoms with Gasteiger partial charge in [-0.05, 0) is 31.5 Å². The molecule has 0 amide bonds. The molecule has 0 atom stereocenters. The molecule has 0 fully saturated rings. The SMILES string of the molecule is COCCNCc1ccc(N(C)C(C)C)c(Cl)c1. The summed E-state index contributed by atoms with van der Waals surface area (Å²) < 4.78 is 4.99. The normalized spacial score (nSPS) is 11.0. The van der Waals surface area contributed by atoms with Gasteiger partial charge in [-0.2, -0.15) is 0 Å². The summed E-state index contributed by atoms with van der Waals surface area (Å²) >= 11 is 6.31. The Bertz CT molecular complexity index is 369. The Morgan fingerprint density at radius 3 is 2.67 bits per heavy atom. The summed E-state index contributed by atoms with van der Waals surface area (Å²) in [5.41, 5.74) is 2.27. The molecular weight excluding hydrogens is 248 g/mol. The molecular formula is C14H23ClN2O. The molecule has 0 unspecified atom stereocenters. The molecule has 4 heteroatoms. The third kappa shape index (κ3) is 4.48. The molecule has 0 radical (unpaired) electrons. The monoisotopic (exact) mass is 270 g/mol. The predicted octanol–water partition coefficient (Wildman–Crippen LogP) is 2.92. The number of anilines is 1. The van der Waals surface area contributed by atoms with Crippen molar-refractivity contribution in [2.24, 2.45) is 0 Å². The third-order valence-corrected chi connectivity index (χ3v) is 3.28. The number of ether oxygens (including phenoxy) is 1. The van der Waals surface area contributed by atoms with Gasteiger partial charge in [0.1, 0.15) is 0 Å². The highest BCUT2D eigenvalue weighted by atomic mass is 35.5. The number of hydrogen-bond donors (Lipinski definition) is 1. The number of benzene rings is 1. The van der Waals surface area contributed by atoms with E-state index in [4.69, 9.17) is 16.3 Å². The predicted molar refractivity (Wildman–Crippen MR) is 78.6 cm³/mol. The Kier molecular flexibility index (Phi) is 6.47. The zero-order valence-electron chi connectivity index (χ0n) is 11.7. The second kappa shape index (κ2) is 7.62. The van der Waals surface area contributed by atoms with Gasteiger partial charge < -0.3 is 15.0 Å². The lowest BCUT2D eigenvalue weighted by Gasteiger charge is -2.25. The lowest BCUT2D eigenvalue weighted by atomic mass is 10.1. The molecule has 0 aromatic heterocycles. The maximum atomic E-state index is 6.31. The highest BCUT2D eigenvalue weighted by Crippen LogP contribution is 2.27. The zero-order chi connectivity index (χ0) is 13.5. The van der Waals surface area contributed by atoms with Crippen LogP contribution >= 0.6 is 11.6 Å². The first kappa shape index (κ1) is 15.3. The van der Waals surface area contributed by atoms with Crippen molar-refractivity contribution in [3.8, 4) is 0 Å². The Labute approximate surface area is 115 Å². The first-order valence-electron chi connectivity index (χ1n) is 6.27. The largest absolute Gasteiger partial charge is 0.383 e. The molecule has 1 N–H and O–H groups in total. The van der Waals surface area contributed by atoms with Crippen molar-refractivity contribution in [3.63, 3.8) is 0 Å².